The smallest absolute Gasteiger partial charge is 0.128 e. The van der Waals surface area contributed by atoms with E-state index in [9.17, 15) is 0 Å². The SMILES string of the molecule is CCn1ccnc1C(N)C1OCCc2ccccc21. The van der Waals surface area contributed by atoms with Crippen LogP contribution in [-0.2, 0) is 17.7 Å². The fourth-order valence-electron chi connectivity index (χ4n) is 2.74. The summed E-state index contributed by atoms with van der Waals surface area (Å²) in [4.78, 5) is 4.39. The van der Waals surface area contributed by atoms with Crippen molar-refractivity contribution in [2.45, 2.75) is 32.0 Å². The summed E-state index contributed by atoms with van der Waals surface area (Å²) in [6, 6.07) is 8.15. The van der Waals surface area contributed by atoms with E-state index in [1.807, 2.05) is 12.3 Å². The third kappa shape index (κ3) is 2.17. The molecule has 4 heteroatoms. The van der Waals surface area contributed by atoms with E-state index in [0.29, 0.717) is 0 Å². The molecule has 0 saturated heterocycles. The van der Waals surface area contributed by atoms with E-state index in [-0.39, 0.29) is 12.1 Å². The maximum atomic E-state index is 6.40. The van der Waals surface area contributed by atoms with Crippen LogP contribution in [0.1, 0.15) is 36.0 Å². The van der Waals surface area contributed by atoms with Crippen molar-refractivity contribution in [2.24, 2.45) is 5.73 Å². The molecule has 0 fully saturated rings. The highest BCUT2D eigenvalue weighted by atomic mass is 16.5. The van der Waals surface area contributed by atoms with Crippen molar-refractivity contribution in [3.8, 4) is 0 Å². The van der Waals surface area contributed by atoms with Crippen molar-refractivity contribution < 1.29 is 4.74 Å². The Morgan fingerprint density at radius 2 is 2.32 bits per heavy atom. The number of aromatic nitrogens is 2. The maximum absolute atomic E-state index is 6.40. The van der Waals surface area contributed by atoms with Crippen LogP contribution in [0.5, 0.6) is 0 Å². The quantitative estimate of drug-likeness (QED) is 0.917. The van der Waals surface area contributed by atoms with Gasteiger partial charge < -0.3 is 15.0 Å². The molecule has 1 aromatic heterocycles. The molecule has 1 aromatic carbocycles. The third-order valence-corrected chi connectivity index (χ3v) is 3.74. The number of nitrogens with two attached hydrogens (primary N) is 1. The number of nitrogens with zero attached hydrogens (tertiary/aromatic N) is 2. The maximum Gasteiger partial charge on any atom is 0.128 e. The van der Waals surface area contributed by atoms with Gasteiger partial charge in [-0.15, -0.1) is 0 Å². The molecule has 1 aliphatic rings. The van der Waals surface area contributed by atoms with Gasteiger partial charge in [0, 0.05) is 18.9 Å². The number of hydrogen-bond donors (Lipinski definition) is 1. The van der Waals surface area contributed by atoms with Gasteiger partial charge in [0.15, 0.2) is 0 Å². The first-order valence-corrected chi connectivity index (χ1v) is 6.77. The number of fused-ring (bicyclic) bond motifs is 1. The molecule has 2 N–H and O–H groups in total. The molecule has 2 aromatic rings. The van der Waals surface area contributed by atoms with Crippen LogP contribution in [0.2, 0.25) is 0 Å². The Morgan fingerprint density at radius 1 is 1.47 bits per heavy atom. The van der Waals surface area contributed by atoms with Gasteiger partial charge in [0.1, 0.15) is 11.9 Å². The molecule has 0 saturated carbocycles. The van der Waals surface area contributed by atoms with Crippen molar-refractivity contribution in [1.82, 2.24) is 9.55 Å². The van der Waals surface area contributed by atoms with Crippen LogP contribution >= 0.6 is 0 Å². The van der Waals surface area contributed by atoms with Crippen molar-refractivity contribution in [3.05, 3.63) is 53.6 Å². The van der Waals surface area contributed by atoms with E-state index in [4.69, 9.17) is 10.5 Å². The number of aryl methyl sites for hydroxylation is 1. The zero-order chi connectivity index (χ0) is 13.2. The molecule has 2 heterocycles. The summed E-state index contributed by atoms with van der Waals surface area (Å²) in [6.45, 7) is 3.69. The van der Waals surface area contributed by atoms with Gasteiger partial charge in [-0.3, -0.25) is 0 Å². The second-order valence-electron chi connectivity index (χ2n) is 4.84. The Balaban J connectivity index is 1.95. The number of imidazole rings is 1. The second-order valence-corrected chi connectivity index (χ2v) is 4.84. The van der Waals surface area contributed by atoms with Gasteiger partial charge in [0.2, 0.25) is 0 Å². The number of rotatable bonds is 3. The largest absolute Gasteiger partial charge is 0.371 e. The topological polar surface area (TPSA) is 53.1 Å². The van der Waals surface area contributed by atoms with Gasteiger partial charge in [-0.05, 0) is 24.5 Å². The molecule has 0 aliphatic carbocycles. The molecule has 0 spiro atoms. The minimum Gasteiger partial charge on any atom is -0.371 e. The van der Waals surface area contributed by atoms with Gasteiger partial charge in [0.25, 0.3) is 0 Å². The van der Waals surface area contributed by atoms with Gasteiger partial charge in [-0.2, -0.15) is 0 Å². The normalized spacial score (nSPS) is 20.0. The summed E-state index contributed by atoms with van der Waals surface area (Å²) in [7, 11) is 0. The van der Waals surface area contributed by atoms with Gasteiger partial charge in [-0.1, -0.05) is 24.3 Å². The lowest BCUT2D eigenvalue weighted by Gasteiger charge is -2.30. The summed E-state index contributed by atoms with van der Waals surface area (Å²) >= 11 is 0. The van der Waals surface area contributed by atoms with E-state index < -0.39 is 0 Å². The fourth-order valence-corrected chi connectivity index (χ4v) is 2.74. The van der Waals surface area contributed by atoms with E-state index in [1.165, 1.54) is 11.1 Å². The second kappa shape index (κ2) is 5.15. The molecule has 3 rings (SSSR count). The molecule has 2 unspecified atom stereocenters. The van der Waals surface area contributed by atoms with Gasteiger partial charge >= 0.3 is 0 Å². The molecule has 0 radical (unpaired) electrons. The Hall–Kier alpha value is -1.65. The molecule has 0 amide bonds. The Kier molecular flexibility index (Phi) is 3.36. The van der Waals surface area contributed by atoms with Crippen molar-refractivity contribution >= 4 is 0 Å². The van der Waals surface area contributed by atoms with Crippen LogP contribution in [0.3, 0.4) is 0 Å². The molecule has 0 bridgehead atoms. The van der Waals surface area contributed by atoms with E-state index >= 15 is 0 Å². The molecule has 2 atom stereocenters. The van der Waals surface area contributed by atoms with E-state index in [2.05, 4.69) is 34.7 Å². The van der Waals surface area contributed by atoms with E-state index in [1.54, 1.807) is 6.20 Å². The Morgan fingerprint density at radius 3 is 3.16 bits per heavy atom. The summed E-state index contributed by atoms with van der Waals surface area (Å²) < 4.78 is 7.99. The van der Waals surface area contributed by atoms with Crippen molar-refractivity contribution in [2.75, 3.05) is 6.61 Å². The predicted molar refractivity (Wildman–Crippen MR) is 73.7 cm³/mol. The number of ether oxygens (including phenoxy) is 1. The van der Waals surface area contributed by atoms with Crippen molar-refractivity contribution in [3.63, 3.8) is 0 Å². The van der Waals surface area contributed by atoms with Crippen LogP contribution in [-0.4, -0.2) is 16.2 Å². The predicted octanol–water partition coefficient (Wildman–Crippen LogP) is 2.22. The van der Waals surface area contributed by atoms with E-state index in [0.717, 1.165) is 25.4 Å². The Labute approximate surface area is 113 Å². The average Bonchev–Trinajstić information content (AvgIpc) is 2.94. The first-order chi connectivity index (χ1) is 9.31. The molecule has 100 valence electrons. The first-order valence-electron chi connectivity index (χ1n) is 6.77. The monoisotopic (exact) mass is 257 g/mol. The highest BCUT2D eigenvalue weighted by molar-refractivity contribution is 5.32. The Bertz CT molecular complexity index is 564. The first kappa shape index (κ1) is 12.4. The summed E-state index contributed by atoms with van der Waals surface area (Å²) in [6.07, 6.45) is 4.62. The summed E-state index contributed by atoms with van der Waals surface area (Å²) in [5.41, 5.74) is 8.93. The zero-order valence-electron chi connectivity index (χ0n) is 11.1. The van der Waals surface area contributed by atoms with Crippen molar-refractivity contribution in [1.29, 1.82) is 0 Å². The number of benzene rings is 1. The van der Waals surface area contributed by atoms with Crippen LogP contribution in [0.4, 0.5) is 0 Å². The lowest BCUT2D eigenvalue weighted by molar-refractivity contribution is 0.0215. The minimum atomic E-state index is -0.226. The molecule has 1 aliphatic heterocycles. The molecular formula is C15H19N3O. The lowest BCUT2D eigenvalue weighted by Crippen LogP contribution is -2.29. The van der Waals surface area contributed by atoms with Gasteiger partial charge in [-0.25, -0.2) is 4.98 Å². The van der Waals surface area contributed by atoms with Crippen LogP contribution < -0.4 is 5.73 Å². The molecule has 19 heavy (non-hydrogen) atoms. The summed E-state index contributed by atoms with van der Waals surface area (Å²) in [5, 5.41) is 0. The number of hydrogen-bond acceptors (Lipinski definition) is 3. The van der Waals surface area contributed by atoms with Gasteiger partial charge in [0.05, 0.1) is 12.6 Å². The molecule has 4 nitrogen and oxygen atoms in total. The van der Waals surface area contributed by atoms with Crippen LogP contribution in [0.25, 0.3) is 0 Å². The highest BCUT2D eigenvalue weighted by Crippen LogP contribution is 2.34. The third-order valence-electron chi connectivity index (χ3n) is 3.74. The van der Waals surface area contributed by atoms with Crippen LogP contribution in [0, 0.1) is 0 Å². The zero-order valence-corrected chi connectivity index (χ0v) is 11.1. The lowest BCUT2D eigenvalue weighted by atomic mass is 9.93. The van der Waals surface area contributed by atoms with Crippen LogP contribution in [0.15, 0.2) is 36.7 Å². The summed E-state index contributed by atoms with van der Waals surface area (Å²) in [5.74, 6) is 0.893. The molecular weight excluding hydrogens is 238 g/mol. The fraction of sp³-hybridized carbons (Fsp3) is 0.400. The standard InChI is InChI=1S/C15H19N3O/c1-2-18-9-8-17-15(18)13(16)14-12-6-4-3-5-11(12)7-10-19-14/h3-6,8-9,13-14H,2,7,10,16H2,1H3. The average molecular weight is 257 g/mol. The minimum absolute atomic E-state index is 0.0994. The highest BCUT2D eigenvalue weighted by Gasteiger charge is 2.29.